The fourth-order valence-corrected chi connectivity index (χ4v) is 1.62. The molecule has 0 bridgehead atoms. The molecule has 0 heteroatoms. The third-order valence-electron chi connectivity index (χ3n) is 3.00. The number of unbranched alkanes of at least 4 members (excludes halogenated alkanes) is 2. The highest BCUT2D eigenvalue weighted by Crippen LogP contribution is 2.22. The summed E-state index contributed by atoms with van der Waals surface area (Å²) in [5.74, 6) is 1.88. The third kappa shape index (κ3) is 5.62. The highest BCUT2D eigenvalue weighted by Gasteiger charge is 2.10. The second-order valence-corrected chi connectivity index (χ2v) is 4.24. The zero-order chi connectivity index (χ0) is 9.40. The van der Waals surface area contributed by atoms with Gasteiger partial charge in [-0.15, -0.1) is 0 Å². The van der Waals surface area contributed by atoms with Gasteiger partial charge in [-0.05, 0) is 11.8 Å². The molecule has 0 radical (unpaired) electrons. The van der Waals surface area contributed by atoms with E-state index in [1.165, 1.54) is 38.5 Å². The normalized spacial score (nSPS) is 16.0. The van der Waals surface area contributed by atoms with Crippen molar-refractivity contribution in [1.29, 1.82) is 0 Å². The molecule has 0 nitrogen and oxygen atoms in total. The van der Waals surface area contributed by atoms with Crippen LogP contribution in [0.4, 0.5) is 0 Å². The summed E-state index contributed by atoms with van der Waals surface area (Å²) in [7, 11) is 0. The van der Waals surface area contributed by atoms with Gasteiger partial charge in [-0.1, -0.05) is 66.2 Å². The molecule has 74 valence electrons. The minimum absolute atomic E-state index is 0.941. The van der Waals surface area contributed by atoms with E-state index in [1.54, 1.807) is 0 Å². The van der Waals surface area contributed by atoms with E-state index in [4.69, 9.17) is 0 Å². The Morgan fingerprint density at radius 2 is 1.08 bits per heavy atom. The third-order valence-corrected chi connectivity index (χ3v) is 3.00. The van der Waals surface area contributed by atoms with E-state index < -0.39 is 0 Å². The molecule has 2 atom stereocenters. The quantitative estimate of drug-likeness (QED) is 0.522. The molecule has 0 N–H and O–H groups in total. The average Bonchev–Trinajstić information content (AvgIpc) is 2.10. The van der Waals surface area contributed by atoms with Crippen molar-refractivity contribution < 1.29 is 0 Å². The van der Waals surface area contributed by atoms with Crippen molar-refractivity contribution in [3.8, 4) is 0 Å². The summed E-state index contributed by atoms with van der Waals surface area (Å²) in [5.41, 5.74) is 0. The smallest absolute Gasteiger partial charge is 0.0417 e. The molecule has 0 amide bonds. The average molecular weight is 170 g/mol. The molecule has 0 rings (SSSR count). The maximum Gasteiger partial charge on any atom is -0.0417 e. The van der Waals surface area contributed by atoms with Crippen LogP contribution in [0.25, 0.3) is 0 Å². The Hall–Kier alpha value is 0. The molecule has 0 spiro atoms. The van der Waals surface area contributed by atoms with Gasteiger partial charge in [-0.25, -0.2) is 0 Å². The minimum atomic E-state index is 0.941. The first-order valence-corrected chi connectivity index (χ1v) is 5.72. The second kappa shape index (κ2) is 7.64. The summed E-state index contributed by atoms with van der Waals surface area (Å²) >= 11 is 0. The Bertz CT molecular complexity index is 74.0. The van der Waals surface area contributed by atoms with Crippen LogP contribution in [0, 0.1) is 11.8 Å². The standard InChI is InChI=1S/C12H26/c1-5-7-9-11(3)12(4)10-8-6-2/h11-12H,5-10H2,1-4H3/t11-,12-/m0/s1. The topological polar surface area (TPSA) is 0 Å². The van der Waals surface area contributed by atoms with Gasteiger partial charge >= 0.3 is 0 Å². The van der Waals surface area contributed by atoms with Crippen molar-refractivity contribution in [3.05, 3.63) is 0 Å². The zero-order valence-electron chi connectivity index (χ0n) is 9.40. The van der Waals surface area contributed by atoms with Crippen molar-refractivity contribution in [2.45, 2.75) is 66.2 Å². The predicted octanol–water partition coefficient (Wildman–Crippen LogP) is 4.64. The Morgan fingerprint density at radius 3 is 1.33 bits per heavy atom. The highest BCUT2D eigenvalue weighted by molar-refractivity contribution is 4.61. The van der Waals surface area contributed by atoms with Gasteiger partial charge in [0, 0.05) is 0 Å². The first-order chi connectivity index (χ1) is 5.72. The minimum Gasteiger partial charge on any atom is -0.0654 e. The fourth-order valence-electron chi connectivity index (χ4n) is 1.62. The van der Waals surface area contributed by atoms with Crippen LogP contribution in [-0.4, -0.2) is 0 Å². The zero-order valence-corrected chi connectivity index (χ0v) is 9.40. The first kappa shape index (κ1) is 12.0. The van der Waals surface area contributed by atoms with Crippen LogP contribution in [0.5, 0.6) is 0 Å². The van der Waals surface area contributed by atoms with E-state index in [0.29, 0.717) is 0 Å². The summed E-state index contributed by atoms with van der Waals surface area (Å²) in [5, 5.41) is 0. The van der Waals surface area contributed by atoms with E-state index in [0.717, 1.165) is 11.8 Å². The van der Waals surface area contributed by atoms with Crippen LogP contribution >= 0.6 is 0 Å². The fraction of sp³-hybridized carbons (Fsp3) is 1.00. The molecular formula is C12H26. The summed E-state index contributed by atoms with van der Waals surface area (Å²) in [6, 6.07) is 0. The van der Waals surface area contributed by atoms with Crippen molar-refractivity contribution in [1.82, 2.24) is 0 Å². The Morgan fingerprint density at radius 1 is 0.750 bits per heavy atom. The van der Waals surface area contributed by atoms with Crippen molar-refractivity contribution in [2.24, 2.45) is 11.8 Å². The molecule has 0 aliphatic carbocycles. The molecule has 0 aromatic rings. The number of rotatable bonds is 7. The number of hydrogen-bond acceptors (Lipinski definition) is 0. The van der Waals surface area contributed by atoms with E-state index in [2.05, 4.69) is 27.7 Å². The lowest BCUT2D eigenvalue weighted by atomic mass is 9.87. The summed E-state index contributed by atoms with van der Waals surface area (Å²) in [6.45, 7) is 9.39. The molecule has 0 unspecified atom stereocenters. The van der Waals surface area contributed by atoms with Crippen LogP contribution in [0.3, 0.4) is 0 Å². The van der Waals surface area contributed by atoms with E-state index >= 15 is 0 Å². The van der Waals surface area contributed by atoms with Crippen molar-refractivity contribution in [3.63, 3.8) is 0 Å². The van der Waals surface area contributed by atoms with Gasteiger partial charge in [0.15, 0.2) is 0 Å². The second-order valence-electron chi connectivity index (χ2n) is 4.24. The van der Waals surface area contributed by atoms with Gasteiger partial charge in [0.05, 0.1) is 0 Å². The van der Waals surface area contributed by atoms with Crippen LogP contribution < -0.4 is 0 Å². The predicted molar refractivity (Wildman–Crippen MR) is 57.4 cm³/mol. The first-order valence-electron chi connectivity index (χ1n) is 5.72. The monoisotopic (exact) mass is 170 g/mol. The molecule has 0 heterocycles. The SMILES string of the molecule is CCCC[C@H](C)[C@@H](C)CCCC. The molecule has 0 saturated carbocycles. The van der Waals surface area contributed by atoms with E-state index in [1.807, 2.05) is 0 Å². The Balaban J connectivity index is 3.39. The van der Waals surface area contributed by atoms with Gasteiger partial charge in [-0.3, -0.25) is 0 Å². The molecule has 12 heavy (non-hydrogen) atoms. The molecular weight excluding hydrogens is 144 g/mol. The van der Waals surface area contributed by atoms with Gasteiger partial charge in [0.25, 0.3) is 0 Å². The van der Waals surface area contributed by atoms with Crippen molar-refractivity contribution >= 4 is 0 Å². The number of hydrogen-bond donors (Lipinski definition) is 0. The molecule has 0 aliphatic heterocycles. The maximum absolute atomic E-state index is 2.41. The molecule has 0 aliphatic rings. The maximum atomic E-state index is 2.41. The lowest BCUT2D eigenvalue weighted by Gasteiger charge is -2.19. The van der Waals surface area contributed by atoms with Gasteiger partial charge in [0.1, 0.15) is 0 Å². The molecule has 0 saturated heterocycles. The van der Waals surface area contributed by atoms with Crippen molar-refractivity contribution in [2.75, 3.05) is 0 Å². The van der Waals surface area contributed by atoms with Crippen LogP contribution in [0.1, 0.15) is 66.2 Å². The molecule has 0 aromatic heterocycles. The van der Waals surface area contributed by atoms with Gasteiger partial charge < -0.3 is 0 Å². The lowest BCUT2D eigenvalue weighted by Crippen LogP contribution is -2.07. The van der Waals surface area contributed by atoms with Gasteiger partial charge in [-0.2, -0.15) is 0 Å². The summed E-state index contributed by atoms with van der Waals surface area (Å²) in [6.07, 6.45) is 8.40. The van der Waals surface area contributed by atoms with E-state index in [-0.39, 0.29) is 0 Å². The molecule has 0 aromatic carbocycles. The Kier molecular flexibility index (Phi) is 7.64. The van der Waals surface area contributed by atoms with E-state index in [9.17, 15) is 0 Å². The Labute approximate surface area is 78.8 Å². The summed E-state index contributed by atoms with van der Waals surface area (Å²) < 4.78 is 0. The van der Waals surface area contributed by atoms with Crippen LogP contribution in [-0.2, 0) is 0 Å². The van der Waals surface area contributed by atoms with Crippen LogP contribution in [0.2, 0.25) is 0 Å². The summed E-state index contributed by atoms with van der Waals surface area (Å²) in [4.78, 5) is 0. The lowest BCUT2D eigenvalue weighted by molar-refractivity contribution is 0.328. The van der Waals surface area contributed by atoms with Crippen LogP contribution in [0.15, 0.2) is 0 Å². The highest BCUT2D eigenvalue weighted by atomic mass is 14.2. The molecule has 0 fully saturated rings. The van der Waals surface area contributed by atoms with Gasteiger partial charge in [0.2, 0.25) is 0 Å². The largest absolute Gasteiger partial charge is 0.0654 e.